The number of aliphatic carboxylic acids is 1. The van der Waals surface area contributed by atoms with Gasteiger partial charge >= 0.3 is 12.1 Å². The van der Waals surface area contributed by atoms with E-state index in [1.54, 1.807) is 20.8 Å². The van der Waals surface area contributed by atoms with Gasteiger partial charge in [-0.25, -0.2) is 4.79 Å². The molecule has 0 aliphatic rings. The van der Waals surface area contributed by atoms with E-state index in [4.69, 9.17) is 14.6 Å². The second kappa shape index (κ2) is 9.07. The van der Waals surface area contributed by atoms with Crippen molar-refractivity contribution in [3.63, 3.8) is 0 Å². The number of alkyl carbamates (subject to hydrolysis) is 1. The van der Waals surface area contributed by atoms with Gasteiger partial charge in [0, 0.05) is 6.04 Å². The molecule has 144 valence electrons. The van der Waals surface area contributed by atoms with E-state index < -0.39 is 23.7 Å². The second-order valence-electron chi connectivity index (χ2n) is 7.21. The van der Waals surface area contributed by atoms with Crippen molar-refractivity contribution in [2.24, 2.45) is 0 Å². The Morgan fingerprint density at radius 3 is 2.33 bits per heavy atom. The average molecular weight is 371 g/mol. The van der Waals surface area contributed by atoms with Crippen LogP contribution in [0.1, 0.15) is 32.8 Å². The number of carboxylic acids is 1. The maximum Gasteiger partial charge on any atom is 0.407 e. The average Bonchev–Trinajstić information content (AvgIpc) is 2.53. The molecule has 0 fully saturated rings. The zero-order valence-corrected chi connectivity index (χ0v) is 15.8. The molecular weight excluding hydrogens is 346 g/mol. The van der Waals surface area contributed by atoms with Crippen molar-refractivity contribution in [1.29, 1.82) is 0 Å². The summed E-state index contributed by atoms with van der Waals surface area (Å²) in [5, 5.41) is 11.8. The number of ether oxygens (including phenoxy) is 2. The molecule has 0 heterocycles. The number of carbonyl (C=O) groups excluding carboxylic acids is 1. The van der Waals surface area contributed by atoms with Crippen LogP contribution in [0.15, 0.2) is 54.6 Å². The number of para-hydroxylation sites is 1. The Balaban J connectivity index is 2.06. The summed E-state index contributed by atoms with van der Waals surface area (Å²) in [6, 6.07) is 16.1. The van der Waals surface area contributed by atoms with E-state index in [0.717, 1.165) is 5.56 Å². The van der Waals surface area contributed by atoms with Gasteiger partial charge < -0.3 is 19.9 Å². The first-order valence-corrected chi connectivity index (χ1v) is 8.74. The van der Waals surface area contributed by atoms with Crippen molar-refractivity contribution < 1.29 is 24.2 Å². The molecule has 0 radical (unpaired) electrons. The molecule has 6 heteroatoms. The van der Waals surface area contributed by atoms with Crippen LogP contribution < -0.4 is 10.1 Å². The Kier molecular flexibility index (Phi) is 6.82. The molecule has 0 spiro atoms. The Hall–Kier alpha value is -3.02. The van der Waals surface area contributed by atoms with Gasteiger partial charge in [0.15, 0.2) is 0 Å². The van der Waals surface area contributed by atoms with Crippen LogP contribution in [0.5, 0.6) is 11.5 Å². The summed E-state index contributed by atoms with van der Waals surface area (Å²) in [5.74, 6) is 0.362. The van der Waals surface area contributed by atoms with Crippen LogP contribution in [0, 0.1) is 0 Å². The van der Waals surface area contributed by atoms with Crippen molar-refractivity contribution in [1.82, 2.24) is 5.32 Å². The maximum absolute atomic E-state index is 12.0. The number of carboxylic acid groups (broad SMARTS) is 1. The first-order valence-electron chi connectivity index (χ1n) is 8.74. The van der Waals surface area contributed by atoms with Crippen molar-refractivity contribution in [3.05, 3.63) is 60.2 Å². The SMILES string of the molecule is CC(C)(C)OC(=O)NC(CC(=O)O)Cc1cccc(Oc2ccccc2)c1. The summed E-state index contributed by atoms with van der Waals surface area (Å²) < 4.78 is 11.0. The molecule has 0 aromatic heterocycles. The van der Waals surface area contributed by atoms with E-state index in [1.165, 1.54) is 0 Å². The molecule has 1 atom stereocenters. The molecule has 0 bridgehead atoms. The third kappa shape index (κ3) is 7.81. The molecule has 2 aromatic rings. The molecule has 2 aromatic carbocycles. The van der Waals surface area contributed by atoms with Crippen molar-refractivity contribution in [2.45, 2.75) is 45.3 Å². The summed E-state index contributed by atoms with van der Waals surface area (Å²) in [6.45, 7) is 5.26. The van der Waals surface area contributed by atoms with Crippen LogP contribution in [0.2, 0.25) is 0 Å². The summed E-state index contributed by atoms with van der Waals surface area (Å²) in [7, 11) is 0. The molecule has 0 aliphatic heterocycles. The minimum Gasteiger partial charge on any atom is -0.481 e. The second-order valence-corrected chi connectivity index (χ2v) is 7.21. The van der Waals surface area contributed by atoms with Gasteiger partial charge in [-0.3, -0.25) is 4.79 Å². The van der Waals surface area contributed by atoms with Crippen LogP contribution in [0.25, 0.3) is 0 Å². The molecule has 6 nitrogen and oxygen atoms in total. The topological polar surface area (TPSA) is 84.9 Å². The predicted molar refractivity (Wildman–Crippen MR) is 102 cm³/mol. The van der Waals surface area contributed by atoms with E-state index in [0.29, 0.717) is 17.9 Å². The highest BCUT2D eigenvalue weighted by Gasteiger charge is 2.21. The number of rotatable bonds is 7. The van der Waals surface area contributed by atoms with Crippen LogP contribution in [0.4, 0.5) is 4.79 Å². The van der Waals surface area contributed by atoms with E-state index in [1.807, 2.05) is 54.6 Å². The minimum absolute atomic E-state index is 0.205. The lowest BCUT2D eigenvalue weighted by molar-refractivity contribution is -0.137. The molecule has 27 heavy (non-hydrogen) atoms. The Bertz CT molecular complexity index is 768. The van der Waals surface area contributed by atoms with Gasteiger partial charge in [-0.1, -0.05) is 30.3 Å². The van der Waals surface area contributed by atoms with Crippen LogP contribution in [0.3, 0.4) is 0 Å². The van der Waals surface area contributed by atoms with Gasteiger partial charge in [0.05, 0.1) is 6.42 Å². The first kappa shape index (κ1) is 20.3. The highest BCUT2D eigenvalue weighted by atomic mass is 16.6. The van der Waals surface area contributed by atoms with Gasteiger partial charge in [0.1, 0.15) is 17.1 Å². The molecule has 2 rings (SSSR count). The number of amides is 1. The number of carbonyl (C=O) groups is 2. The van der Waals surface area contributed by atoms with Crippen LogP contribution >= 0.6 is 0 Å². The third-order valence-corrected chi connectivity index (χ3v) is 3.50. The predicted octanol–water partition coefficient (Wildman–Crippen LogP) is 4.39. The van der Waals surface area contributed by atoms with Gasteiger partial charge in [-0.15, -0.1) is 0 Å². The maximum atomic E-state index is 12.0. The fraction of sp³-hybridized carbons (Fsp3) is 0.333. The zero-order chi connectivity index (χ0) is 19.9. The number of benzene rings is 2. The summed E-state index contributed by atoms with van der Waals surface area (Å²) in [6.07, 6.45) is -0.494. The fourth-order valence-corrected chi connectivity index (χ4v) is 2.50. The summed E-state index contributed by atoms with van der Waals surface area (Å²) in [4.78, 5) is 23.2. The molecule has 0 saturated heterocycles. The van der Waals surface area contributed by atoms with Crippen molar-refractivity contribution in [2.75, 3.05) is 0 Å². The first-order chi connectivity index (χ1) is 12.7. The monoisotopic (exact) mass is 371 g/mol. The van der Waals surface area contributed by atoms with Gasteiger partial charge in [0.2, 0.25) is 0 Å². The van der Waals surface area contributed by atoms with Gasteiger partial charge in [-0.05, 0) is 57.0 Å². The normalized spacial score (nSPS) is 12.1. The molecule has 1 unspecified atom stereocenters. The highest BCUT2D eigenvalue weighted by molar-refractivity contribution is 5.71. The molecule has 0 saturated carbocycles. The van der Waals surface area contributed by atoms with Crippen molar-refractivity contribution in [3.8, 4) is 11.5 Å². The van der Waals surface area contributed by atoms with Crippen LogP contribution in [-0.2, 0) is 16.0 Å². The third-order valence-electron chi connectivity index (χ3n) is 3.50. The zero-order valence-electron chi connectivity index (χ0n) is 15.8. The van der Waals surface area contributed by atoms with Crippen LogP contribution in [-0.4, -0.2) is 28.8 Å². The lowest BCUT2D eigenvalue weighted by Gasteiger charge is -2.23. The molecular formula is C21H25NO5. The lowest BCUT2D eigenvalue weighted by Crippen LogP contribution is -2.41. The number of hydrogen-bond donors (Lipinski definition) is 2. The lowest BCUT2D eigenvalue weighted by atomic mass is 10.0. The van der Waals surface area contributed by atoms with E-state index in [-0.39, 0.29) is 6.42 Å². The van der Waals surface area contributed by atoms with E-state index in [9.17, 15) is 9.59 Å². The number of hydrogen-bond acceptors (Lipinski definition) is 4. The van der Waals surface area contributed by atoms with Gasteiger partial charge in [-0.2, -0.15) is 0 Å². The largest absolute Gasteiger partial charge is 0.481 e. The fourth-order valence-electron chi connectivity index (χ4n) is 2.50. The summed E-state index contributed by atoms with van der Waals surface area (Å²) in [5.41, 5.74) is 0.201. The van der Waals surface area contributed by atoms with Gasteiger partial charge in [0.25, 0.3) is 0 Å². The quantitative estimate of drug-likeness (QED) is 0.754. The number of nitrogens with one attached hydrogen (secondary N) is 1. The summed E-state index contributed by atoms with van der Waals surface area (Å²) >= 11 is 0. The molecule has 1 amide bonds. The minimum atomic E-state index is -0.993. The van der Waals surface area contributed by atoms with E-state index >= 15 is 0 Å². The Labute approximate surface area is 159 Å². The van der Waals surface area contributed by atoms with Crippen molar-refractivity contribution >= 4 is 12.1 Å². The highest BCUT2D eigenvalue weighted by Crippen LogP contribution is 2.22. The Morgan fingerprint density at radius 2 is 1.70 bits per heavy atom. The molecule has 0 aliphatic carbocycles. The Morgan fingerprint density at radius 1 is 1.04 bits per heavy atom. The van der Waals surface area contributed by atoms with E-state index in [2.05, 4.69) is 5.32 Å². The standard InChI is InChI=1S/C21H25NO5/c1-21(2,3)27-20(25)22-16(14-19(23)24)12-15-8-7-11-18(13-15)26-17-9-5-4-6-10-17/h4-11,13,16H,12,14H2,1-3H3,(H,22,25)(H,23,24). The molecule has 2 N–H and O–H groups in total. The smallest absolute Gasteiger partial charge is 0.407 e.